The van der Waals surface area contributed by atoms with Crippen molar-refractivity contribution >= 4 is 17.3 Å². The van der Waals surface area contributed by atoms with Gasteiger partial charge >= 0.3 is 0 Å². The van der Waals surface area contributed by atoms with Crippen LogP contribution in [0.5, 0.6) is 5.75 Å². The van der Waals surface area contributed by atoms with Crippen LogP contribution in [0.1, 0.15) is 10.4 Å². The van der Waals surface area contributed by atoms with E-state index in [1.54, 1.807) is 7.11 Å². The molecule has 6 heteroatoms. The van der Waals surface area contributed by atoms with E-state index in [9.17, 15) is 4.79 Å². The zero-order chi connectivity index (χ0) is 19.3. The van der Waals surface area contributed by atoms with Gasteiger partial charge in [-0.25, -0.2) is 0 Å². The van der Waals surface area contributed by atoms with Crippen LogP contribution in [0.25, 0.3) is 0 Å². The fourth-order valence-electron chi connectivity index (χ4n) is 3.87. The van der Waals surface area contributed by atoms with Gasteiger partial charge in [0.1, 0.15) is 5.75 Å². The molecule has 2 aromatic carbocycles. The van der Waals surface area contributed by atoms with Crippen molar-refractivity contribution in [2.45, 2.75) is 0 Å². The minimum Gasteiger partial charge on any atom is -0.497 e. The summed E-state index contributed by atoms with van der Waals surface area (Å²) in [5.41, 5.74) is 3.23. The second kappa shape index (κ2) is 8.52. The molecule has 2 saturated heterocycles. The molecule has 0 N–H and O–H groups in total. The summed E-state index contributed by atoms with van der Waals surface area (Å²) in [6.07, 6.45) is 0. The molecular formula is C22H27N3O3. The highest BCUT2D eigenvalue weighted by Gasteiger charge is 2.25. The molecule has 0 saturated carbocycles. The molecule has 4 rings (SSSR count). The van der Waals surface area contributed by atoms with E-state index in [0.29, 0.717) is 5.56 Å². The van der Waals surface area contributed by atoms with E-state index in [4.69, 9.17) is 9.47 Å². The van der Waals surface area contributed by atoms with Crippen molar-refractivity contribution in [1.29, 1.82) is 0 Å². The lowest BCUT2D eigenvalue weighted by Gasteiger charge is -2.39. The van der Waals surface area contributed by atoms with Crippen molar-refractivity contribution < 1.29 is 14.3 Å². The third-order valence-electron chi connectivity index (χ3n) is 5.48. The largest absolute Gasteiger partial charge is 0.497 e. The van der Waals surface area contributed by atoms with Gasteiger partial charge < -0.3 is 24.2 Å². The molecule has 2 heterocycles. The average Bonchev–Trinajstić information content (AvgIpc) is 2.79. The summed E-state index contributed by atoms with van der Waals surface area (Å²) in [7, 11) is 1.63. The molecule has 2 aromatic rings. The lowest BCUT2D eigenvalue weighted by molar-refractivity contribution is 0.0746. The molecule has 2 aliphatic heterocycles. The average molecular weight is 381 g/mol. The number of hydrogen-bond acceptors (Lipinski definition) is 5. The molecule has 1 amide bonds. The van der Waals surface area contributed by atoms with Gasteiger partial charge in [-0.3, -0.25) is 4.79 Å². The van der Waals surface area contributed by atoms with Crippen LogP contribution in [0.3, 0.4) is 0 Å². The number of ether oxygens (including phenoxy) is 2. The van der Waals surface area contributed by atoms with Crippen molar-refractivity contribution in [3.63, 3.8) is 0 Å². The number of carbonyl (C=O) groups excluding carboxylic acids is 1. The predicted octanol–water partition coefficient (Wildman–Crippen LogP) is 2.49. The molecule has 0 bridgehead atoms. The smallest absolute Gasteiger partial charge is 0.253 e. The second-order valence-corrected chi connectivity index (χ2v) is 7.10. The van der Waals surface area contributed by atoms with E-state index in [1.807, 2.05) is 29.2 Å². The van der Waals surface area contributed by atoms with Crippen LogP contribution in [0.4, 0.5) is 11.4 Å². The summed E-state index contributed by atoms with van der Waals surface area (Å²) >= 11 is 0. The van der Waals surface area contributed by atoms with Crippen LogP contribution >= 0.6 is 0 Å². The second-order valence-electron chi connectivity index (χ2n) is 7.10. The fraction of sp³-hybridized carbons (Fsp3) is 0.409. The van der Waals surface area contributed by atoms with Crippen LogP contribution < -0.4 is 14.5 Å². The molecule has 0 aliphatic carbocycles. The molecule has 28 heavy (non-hydrogen) atoms. The molecular weight excluding hydrogens is 354 g/mol. The third kappa shape index (κ3) is 3.92. The third-order valence-corrected chi connectivity index (χ3v) is 5.48. The summed E-state index contributed by atoms with van der Waals surface area (Å²) in [5, 5.41) is 0. The number of carbonyl (C=O) groups is 1. The van der Waals surface area contributed by atoms with Gasteiger partial charge in [-0.05, 0) is 36.4 Å². The Bertz CT molecular complexity index is 795. The van der Waals surface area contributed by atoms with Gasteiger partial charge in [-0.2, -0.15) is 0 Å². The van der Waals surface area contributed by atoms with Crippen LogP contribution in [0.15, 0.2) is 48.5 Å². The molecule has 148 valence electrons. The number of benzene rings is 2. The van der Waals surface area contributed by atoms with Crippen LogP contribution in [-0.2, 0) is 4.74 Å². The highest BCUT2D eigenvalue weighted by atomic mass is 16.5. The maximum absolute atomic E-state index is 12.8. The van der Waals surface area contributed by atoms with Crippen LogP contribution in [0.2, 0.25) is 0 Å². The molecule has 0 aromatic heterocycles. The Kier molecular flexibility index (Phi) is 5.67. The first-order valence-corrected chi connectivity index (χ1v) is 9.86. The molecule has 2 fully saturated rings. The first kappa shape index (κ1) is 18.6. The quantitative estimate of drug-likeness (QED) is 0.814. The van der Waals surface area contributed by atoms with Gasteiger partial charge in [0.15, 0.2) is 0 Å². The van der Waals surface area contributed by atoms with Gasteiger partial charge in [0, 0.05) is 44.8 Å². The minimum atomic E-state index is 0.0868. The standard InChI is InChI=1S/C22H27N3O3/c1-27-19-8-6-18(7-9-19)22(26)25-12-10-23(11-13-25)20-4-2-3-5-21(20)24-14-16-28-17-15-24/h2-9H,10-17H2,1H3. The Morgan fingerprint density at radius 2 is 1.39 bits per heavy atom. The Balaban J connectivity index is 1.42. The van der Waals surface area contributed by atoms with E-state index >= 15 is 0 Å². The number of piperazine rings is 1. The number of anilines is 2. The molecule has 0 unspecified atom stereocenters. The number of amides is 1. The van der Waals surface area contributed by atoms with Crippen molar-refractivity contribution in [2.75, 3.05) is 69.4 Å². The Labute approximate surface area is 166 Å². The van der Waals surface area contributed by atoms with Gasteiger partial charge in [-0.1, -0.05) is 12.1 Å². The predicted molar refractivity (Wildman–Crippen MR) is 111 cm³/mol. The maximum Gasteiger partial charge on any atom is 0.253 e. The maximum atomic E-state index is 12.8. The zero-order valence-electron chi connectivity index (χ0n) is 16.3. The van der Waals surface area contributed by atoms with Gasteiger partial charge in [0.05, 0.1) is 31.7 Å². The molecule has 0 radical (unpaired) electrons. The lowest BCUT2D eigenvalue weighted by atomic mass is 10.1. The van der Waals surface area contributed by atoms with Crippen molar-refractivity contribution in [2.24, 2.45) is 0 Å². The van der Waals surface area contributed by atoms with E-state index in [0.717, 1.165) is 58.2 Å². The fourth-order valence-corrected chi connectivity index (χ4v) is 3.87. The van der Waals surface area contributed by atoms with E-state index < -0.39 is 0 Å². The van der Waals surface area contributed by atoms with E-state index in [-0.39, 0.29) is 5.91 Å². The molecule has 0 atom stereocenters. The van der Waals surface area contributed by atoms with Crippen molar-refractivity contribution in [1.82, 2.24) is 4.90 Å². The van der Waals surface area contributed by atoms with Gasteiger partial charge in [-0.15, -0.1) is 0 Å². The Hall–Kier alpha value is -2.73. The zero-order valence-corrected chi connectivity index (χ0v) is 16.3. The molecule has 0 spiro atoms. The topological polar surface area (TPSA) is 45.2 Å². The number of para-hydroxylation sites is 2. The number of hydrogen-bond donors (Lipinski definition) is 0. The SMILES string of the molecule is COc1ccc(C(=O)N2CCN(c3ccccc3N3CCOCC3)CC2)cc1. The van der Waals surface area contributed by atoms with E-state index in [2.05, 4.69) is 34.1 Å². The van der Waals surface area contributed by atoms with Crippen LogP contribution in [-0.4, -0.2) is 70.4 Å². The highest BCUT2D eigenvalue weighted by molar-refractivity contribution is 5.94. The normalized spacial score (nSPS) is 17.5. The monoisotopic (exact) mass is 381 g/mol. The van der Waals surface area contributed by atoms with E-state index in [1.165, 1.54) is 11.4 Å². The summed E-state index contributed by atoms with van der Waals surface area (Å²) in [6.45, 7) is 6.52. The molecule has 6 nitrogen and oxygen atoms in total. The van der Waals surface area contributed by atoms with Gasteiger partial charge in [0.25, 0.3) is 5.91 Å². The first-order valence-electron chi connectivity index (χ1n) is 9.86. The van der Waals surface area contributed by atoms with Gasteiger partial charge in [0.2, 0.25) is 0 Å². The van der Waals surface area contributed by atoms with Crippen molar-refractivity contribution in [3.05, 3.63) is 54.1 Å². The van der Waals surface area contributed by atoms with Crippen LogP contribution in [0, 0.1) is 0 Å². The lowest BCUT2D eigenvalue weighted by Crippen LogP contribution is -2.49. The molecule has 2 aliphatic rings. The first-order chi connectivity index (χ1) is 13.8. The number of morpholine rings is 1. The summed E-state index contributed by atoms with van der Waals surface area (Å²) in [5.74, 6) is 0.852. The number of rotatable bonds is 4. The highest BCUT2D eigenvalue weighted by Crippen LogP contribution is 2.30. The Morgan fingerprint density at radius 3 is 1.96 bits per heavy atom. The summed E-state index contributed by atoms with van der Waals surface area (Å²) in [6, 6.07) is 15.9. The minimum absolute atomic E-state index is 0.0868. The summed E-state index contributed by atoms with van der Waals surface area (Å²) in [4.78, 5) is 19.5. The number of methoxy groups -OCH3 is 1. The summed E-state index contributed by atoms with van der Waals surface area (Å²) < 4.78 is 10.7. The number of nitrogens with zero attached hydrogens (tertiary/aromatic N) is 3. The van der Waals surface area contributed by atoms with Crippen molar-refractivity contribution in [3.8, 4) is 5.75 Å². The Morgan fingerprint density at radius 1 is 0.821 bits per heavy atom.